The molecule has 0 aliphatic carbocycles. The van der Waals surface area contributed by atoms with E-state index in [1.54, 1.807) is 0 Å². The molecule has 0 unspecified atom stereocenters. The second-order valence-corrected chi connectivity index (χ2v) is 18.5. The molecule has 0 spiro atoms. The first-order chi connectivity index (χ1) is 31.0. The van der Waals surface area contributed by atoms with Gasteiger partial charge in [-0.3, -0.25) is 0 Å². The fourth-order valence-electron chi connectivity index (χ4n) is 9.91. The SMILES string of the molecule is Cc1ccccc1N1c2cc(-c3ccc(N)cc3)ccc2Cc2ccc(-c3ccc(C#N)cc3)cc2N(c2ccccc2C)c2cc1c1ccc3cc(C(C)(C)C)cc4ccc2c1c34. The van der Waals surface area contributed by atoms with E-state index >= 15 is 0 Å². The normalized spacial score (nSPS) is 12.7. The standard InChI is InChI=1S/C60H48N4/c1-37-10-6-8-12-52(37)63-54-33-42(40-16-14-39(36-61)15-17-40)18-20-44(54)30-45-21-19-43(41-22-26-49(62)27-23-41)34-55(45)64(53-13-9-7-11-38(53)2)57-35-56(63)50-28-24-46-31-48(60(3,4)5)32-47-25-29-51(57)59(50)58(46)47/h6-29,31-35H,30,62H2,1-5H3. The number of hydrogen-bond donors (Lipinski definition) is 1. The highest BCUT2D eigenvalue weighted by molar-refractivity contribution is 6.29. The highest BCUT2D eigenvalue weighted by Gasteiger charge is 2.30. The van der Waals surface area contributed by atoms with E-state index in [2.05, 4.69) is 202 Å². The largest absolute Gasteiger partial charge is 0.399 e. The minimum absolute atomic E-state index is 0.0106. The van der Waals surface area contributed by atoms with Gasteiger partial charge in [0.2, 0.25) is 0 Å². The maximum Gasteiger partial charge on any atom is 0.0991 e. The van der Waals surface area contributed by atoms with Gasteiger partial charge >= 0.3 is 0 Å². The summed E-state index contributed by atoms with van der Waals surface area (Å²) in [5.41, 5.74) is 24.8. The Balaban J connectivity index is 1.32. The molecule has 0 saturated carbocycles. The Morgan fingerprint density at radius 2 is 0.938 bits per heavy atom. The minimum atomic E-state index is -0.0106. The molecule has 0 atom stereocenters. The summed E-state index contributed by atoms with van der Waals surface area (Å²) in [6.07, 6.45) is 0.682. The predicted octanol–water partition coefficient (Wildman–Crippen LogP) is 16.1. The summed E-state index contributed by atoms with van der Waals surface area (Å²) in [5, 5.41) is 17.1. The number of rotatable bonds is 4. The molecule has 1 aliphatic rings. The first-order valence-corrected chi connectivity index (χ1v) is 22.1. The quantitative estimate of drug-likeness (QED) is 0.142. The summed E-state index contributed by atoms with van der Waals surface area (Å²) in [7, 11) is 0. The Morgan fingerprint density at radius 1 is 0.469 bits per heavy atom. The third-order valence-electron chi connectivity index (χ3n) is 13.4. The molecule has 4 heteroatoms. The van der Waals surface area contributed by atoms with Gasteiger partial charge in [-0.05, 0) is 140 Å². The van der Waals surface area contributed by atoms with Crippen LogP contribution in [0.5, 0.6) is 0 Å². The van der Waals surface area contributed by atoms with E-state index in [-0.39, 0.29) is 5.41 Å². The zero-order chi connectivity index (χ0) is 43.9. The van der Waals surface area contributed by atoms with Gasteiger partial charge in [-0.2, -0.15) is 5.26 Å². The smallest absolute Gasteiger partial charge is 0.0991 e. The number of anilines is 7. The van der Waals surface area contributed by atoms with Crippen LogP contribution in [0.3, 0.4) is 0 Å². The molecule has 1 heterocycles. The van der Waals surface area contributed by atoms with Gasteiger partial charge in [-0.1, -0.05) is 142 Å². The van der Waals surface area contributed by atoms with E-state index in [0.29, 0.717) is 12.0 Å². The van der Waals surface area contributed by atoms with Crippen molar-refractivity contribution in [3.8, 4) is 28.3 Å². The van der Waals surface area contributed by atoms with Gasteiger partial charge in [-0.25, -0.2) is 0 Å². The zero-order valence-electron chi connectivity index (χ0n) is 36.9. The number of nitriles is 1. The molecular weight excluding hydrogens is 777 g/mol. The van der Waals surface area contributed by atoms with E-state index in [1.807, 2.05) is 24.3 Å². The number of nitrogens with two attached hydrogens (primary N) is 1. The first kappa shape index (κ1) is 39.0. The Bertz CT molecular complexity index is 3480. The molecule has 2 bridgehead atoms. The van der Waals surface area contributed by atoms with Crippen molar-refractivity contribution in [1.82, 2.24) is 0 Å². The Labute approximate surface area is 375 Å². The van der Waals surface area contributed by atoms with Crippen LogP contribution >= 0.6 is 0 Å². The summed E-state index contributed by atoms with van der Waals surface area (Å²) < 4.78 is 0. The molecule has 0 fully saturated rings. The summed E-state index contributed by atoms with van der Waals surface area (Å²) in [5.74, 6) is 0. The van der Waals surface area contributed by atoms with E-state index in [9.17, 15) is 5.26 Å². The average Bonchev–Trinajstić information content (AvgIpc) is 3.30. The van der Waals surface area contributed by atoms with Crippen LogP contribution in [-0.2, 0) is 11.8 Å². The Morgan fingerprint density at radius 3 is 1.41 bits per heavy atom. The van der Waals surface area contributed by atoms with Crippen LogP contribution in [0.2, 0.25) is 0 Å². The maximum atomic E-state index is 9.67. The third kappa shape index (κ3) is 6.43. The fraction of sp³-hybridized carbons (Fsp3) is 0.117. The number of aryl methyl sites for hydroxylation is 2. The van der Waals surface area contributed by atoms with Gasteiger partial charge in [0.1, 0.15) is 0 Å². The molecule has 2 N–H and O–H groups in total. The van der Waals surface area contributed by atoms with Crippen molar-refractivity contribution in [2.45, 2.75) is 46.5 Å². The highest BCUT2D eigenvalue weighted by Crippen LogP contribution is 2.54. The summed E-state index contributed by atoms with van der Waals surface area (Å²) in [6.45, 7) is 11.3. The molecule has 0 radical (unpaired) electrons. The lowest BCUT2D eigenvalue weighted by molar-refractivity contribution is 0.591. The van der Waals surface area contributed by atoms with Gasteiger partial charge in [0.05, 0.1) is 34.4 Å². The molecule has 1 aliphatic heterocycles. The van der Waals surface area contributed by atoms with Gasteiger partial charge in [-0.15, -0.1) is 0 Å². The molecule has 64 heavy (non-hydrogen) atoms. The van der Waals surface area contributed by atoms with Gasteiger partial charge in [0.15, 0.2) is 0 Å². The van der Waals surface area contributed by atoms with Crippen molar-refractivity contribution in [3.63, 3.8) is 0 Å². The van der Waals surface area contributed by atoms with Crippen molar-refractivity contribution >= 4 is 72.1 Å². The van der Waals surface area contributed by atoms with Crippen LogP contribution in [0, 0.1) is 25.2 Å². The molecule has 0 saturated heterocycles. The van der Waals surface area contributed by atoms with Crippen molar-refractivity contribution in [1.29, 1.82) is 5.26 Å². The van der Waals surface area contributed by atoms with E-state index < -0.39 is 0 Å². The van der Waals surface area contributed by atoms with Crippen molar-refractivity contribution in [2.75, 3.05) is 15.5 Å². The van der Waals surface area contributed by atoms with E-state index in [0.717, 1.165) is 62.1 Å². The molecule has 0 aromatic heterocycles. The van der Waals surface area contributed by atoms with Crippen LogP contribution in [0.15, 0.2) is 176 Å². The highest BCUT2D eigenvalue weighted by atomic mass is 15.2. The van der Waals surface area contributed by atoms with Crippen LogP contribution < -0.4 is 15.5 Å². The van der Waals surface area contributed by atoms with Gasteiger partial charge < -0.3 is 15.5 Å². The van der Waals surface area contributed by atoms with E-state index in [1.165, 1.54) is 60.1 Å². The molecule has 308 valence electrons. The third-order valence-corrected chi connectivity index (χ3v) is 13.4. The van der Waals surface area contributed by atoms with Crippen LogP contribution in [-0.4, -0.2) is 0 Å². The average molecular weight is 825 g/mol. The van der Waals surface area contributed by atoms with Gasteiger partial charge in [0, 0.05) is 39.6 Å². The second kappa shape index (κ2) is 14.9. The summed E-state index contributed by atoms with van der Waals surface area (Å²) in [6, 6.07) is 66.6. The molecule has 4 nitrogen and oxygen atoms in total. The number of fused-ring (bicyclic) bond motifs is 6. The number of hydrogen-bond acceptors (Lipinski definition) is 4. The first-order valence-electron chi connectivity index (χ1n) is 22.1. The van der Waals surface area contributed by atoms with Crippen LogP contribution in [0.1, 0.15) is 54.2 Å². The Hall–Kier alpha value is -7.87. The van der Waals surface area contributed by atoms with Crippen LogP contribution in [0.25, 0.3) is 54.6 Å². The molecule has 11 rings (SSSR count). The number of para-hydroxylation sites is 2. The number of nitrogens with zero attached hydrogens (tertiary/aromatic N) is 3. The lowest BCUT2D eigenvalue weighted by Gasteiger charge is -2.36. The second-order valence-electron chi connectivity index (χ2n) is 18.5. The zero-order valence-corrected chi connectivity index (χ0v) is 36.9. The monoisotopic (exact) mass is 824 g/mol. The molecular formula is C60H48N4. The van der Waals surface area contributed by atoms with Crippen LogP contribution in [0.4, 0.5) is 39.8 Å². The maximum absolute atomic E-state index is 9.67. The van der Waals surface area contributed by atoms with Gasteiger partial charge in [0.25, 0.3) is 0 Å². The lowest BCUT2D eigenvalue weighted by atomic mass is 9.83. The molecule has 10 aromatic rings. The fourth-order valence-corrected chi connectivity index (χ4v) is 9.91. The summed E-state index contributed by atoms with van der Waals surface area (Å²) in [4.78, 5) is 5.06. The Kier molecular flexibility index (Phi) is 9.08. The van der Waals surface area contributed by atoms with Crippen molar-refractivity contribution in [2.24, 2.45) is 0 Å². The number of benzene rings is 10. The van der Waals surface area contributed by atoms with Crippen molar-refractivity contribution in [3.05, 3.63) is 209 Å². The molecule has 0 amide bonds. The van der Waals surface area contributed by atoms with Crippen molar-refractivity contribution < 1.29 is 0 Å². The topological polar surface area (TPSA) is 56.3 Å². The predicted molar refractivity (Wildman–Crippen MR) is 270 cm³/mol. The molecule has 10 aromatic carbocycles. The minimum Gasteiger partial charge on any atom is -0.399 e. The summed E-state index contributed by atoms with van der Waals surface area (Å²) >= 11 is 0. The number of nitrogen functional groups attached to an aromatic ring is 1. The lowest BCUT2D eigenvalue weighted by Crippen LogP contribution is -2.19. The van der Waals surface area contributed by atoms with E-state index in [4.69, 9.17) is 5.73 Å².